The predicted molar refractivity (Wildman–Crippen MR) is 76.7 cm³/mol. The van der Waals surface area contributed by atoms with Crippen LogP contribution in [0, 0.1) is 10.1 Å². The Hall–Kier alpha value is -3.29. The van der Waals surface area contributed by atoms with Crippen molar-refractivity contribution in [3.05, 3.63) is 64.1 Å². The van der Waals surface area contributed by atoms with Gasteiger partial charge in [0.15, 0.2) is 6.33 Å². The van der Waals surface area contributed by atoms with Crippen molar-refractivity contribution in [3.63, 3.8) is 0 Å². The standard InChI is InChI=1S/C13H11N5O3/c19-13(11-12(18(20)21)15-9-14-11)17-16-8-4-7-10-5-2-1-3-6-10/h1-9H,(H,14,15)(H,17,19). The summed E-state index contributed by atoms with van der Waals surface area (Å²) < 4.78 is 0. The van der Waals surface area contributed by atoms with Crippen molar-refractivity contribution in [2.24, 2.45) is 5.10 Å². The van der Waals surface area contributed by atoms with Crippen LogP contribution in [0.3, 0.4) is 0 Å². The Kier molecular flexibility index (Phi) is 4.54. The fourth-order valence-electron chi connectivity index (χ4n) is 1.50. The number of rotatable bonds is 5. The van der Waals surface area contributed by atoms with Crippen LogP contribution in [0.25, 0.3) is 6.08 Å². The summed E-state index contributed by atoms with van der Waals surface area (Å²) in [6.45, 7) is 0. The number of nitro groups is 1. The first-order valence-corrected chi connectivity index (χ1v) is 5.91. The van der Waals surface area contributed by atoms with Crippen molar-refractivity contribution in [2.75, 3.05) is 0 Å². The highest BCUT2D eigenvalue weighted by Gasteiger charge is 2.21. The first kappa shape index (κ1) is 14.1. The highest BCUT2D eigenvalue weighted by atomic mass is 16.6. The van der Waals surface area contributed by atoms with Gasteiger partial charge in [0, 0.05) is 6.21 Å². The summed E-state index contributed by atoms with van der Waals surface area (Å²) in [5, 5.41) is 14.3. The van der Waals surface area contributed by atoms with Crippen molar-refractivity contribution < 1.29 is 9.72 Å². The van der Waals surface area contributed by atoms with E-state index in [2.05, 4.69) is 20.5 Å². The Labute approximate surface area is 119 Å². The Bertz CT molecular complexity index is 691. The molecule has 2 aromatic rings. The molecule has 106 valence electrons. The molecular formula is C13H11N5O3. The van der Waals surface area contributed by atoms with Crippen molar-refractivity contribution in [1.82, 2.24) is 15.4 Å². The molecule has 0 fully saturated rings. The lowest BCUT2D eigenvalue weighted by molar-refractivity contribution is -0.389. The number of benzene rings is 1. The van der Waals surface area contributed by atoms with Gasteiger partial charge in [-0.1, -0.05) is 36.4 Å². The SMILES string of the molecule is O=C(NN=CC=Cc1ccccc1)c1nc[nH]c1[N+](=O)[O-]. The largest absolute Gasteiger partial charge is 0.358 e. The molecule has 0 spiro atoms. The van der Waals surface area contributed by atoms with E-state index in [4.69, 9.17) is 0 Å². The van der Waals surface area contributed by atoms with Crippen molar-refractivity contribution in [3.8, 4) is 0 Å². The molecule has 2 rings (SSSR count). The Morgan fingerprint density at radius 3 is 2.86 bits per heavy atom. The molecule has 8 nitrogen and oxygen atoms in total. The molecule has 0 unspecified atom stereocenters. The molecule has 1 aromatic carbocycles. The maximum absolute atomic E-state index is 11.6. The van der Waals surface area contributed by atoms with E-state index in [1.807, 2.05) is 30.3 Å². The van der Waals surface area contributed by atoms with Gasteiger partial charge in [0.1, 0.15) is 0 Å². The van der Waals surface area contributed by atoms with Gasteiger partial charge in [0.2, 0.25) is 5.69 Å². The number of nitrogens with one attached hydrogen (secondary N) is 2. The van der Waals surface area contributed by atoms with Gasteiger partial charge >= 0.3 is 5.82 Å². The second-order valence-corrected chi connectivity index (χ2v) is 3.85. The highest BCUT2D eigenvalue weighted by molar-refractivity contribution is 5.95. The molecule has 0 saturated heterocycles. The fraction of sp³-hybridized carbons (Fsp3) is 0. The second-order valence-electron chi connectivity index (χ2n) is 3.85. The summed E-state index contributed by atoms with van der Waals surface area (Å²) >= 11 is 0. The summed E-state index contributed by atoms with van der Waals surface area (Å²) in [6, 6.07) is 9.53. The van der Waals surface area contributed by atoms with Gasteiger partial charge < -0.3 is 10.1 Å². The van der Waals surface area contributed by atoms with Crippen LogP contribution in [0.2, 0.25) is 0 Å². The number of carbonyl (C=O) groups excluding carboxylic acids is 1. The molecule has 0 aliphatic rings. The van der Waals surface area contributed by atoms with Crippen LogP contribution in [0.5, 0.6) is 0 Å². The fourth-order valence-corrected chi connectivity index (χ4v) is 1.50. The molecule has 0 radical (unpaired) electrons. The zero-order valence-corrected chi connectivity index (χ0v) is 10.8. The van der Waals surface area contributed by atoms with Crippen LogP contribution in [-0.4, -0.2) is 27.0 Å². The number of imidazole rings is 1. The highest BCUT2D eigenvalue weighted by Crippen LogP contribution is 2.11. The van der Waals surface area contributed by atoms with Crippen LogP contribution in [0.15, 0.2) is 47.8 Å². The topological polar surface area (TPSA) is 113 Å². The molecule has 2 N–H and O–H groups in total. The lowest BCUT2D eigenvalue weighted by Crippen LogP contribution is -2.19. The van der Waals surface area contributed by atoms with E-state index >= 15 is 0 Å². The van der Waals surface area contributed by atoms with Crippen LogP contribution in [0.4, 0.5) is 5.82 Å². The predicted octanol–water partition coefficient (Wildman–Crippen LogP) is 1.75. The van der Waals surface area contributed by atoms with Gasteiger partial charge in [-0.2, -0.15) is 5.10 Å². The minimum absolute atomic E-state index is 0.316. The molecule has 1 aromatic heterocycles. The molecule has 21 heavy (non-hydrogen) atoms. The summed E-state index contributed by atoms with van der Waals surface area (Å²) in [5.41, 5.74) is 2.83. The van der Waals surface area contributed by atoms with E-state index < -0.39 is 16.6 Å². The lowest BCUT2D eigenvalue weighted by Gasteiger charge is -1.95. The number of amides is 1. The van der Waals surface area contributed by atoms with Crippen LogP contribution < -0.4 is 5.43 Å². The second kappa shape index (κ2) is 6.75. The summed E-state index contributed by atoms with van der Waals surface area (Å²) in [5.74, 6) is -1.23. The number of H-pyrrole nitrogens is 1. The van der Waals surface area contributed by atoms with Crippen LogP contribution >= 0.6 is 0 Å². The maximum atomic E-state index is 11.6. The number of aromatic nitrogens is 2. The molecule has 8 heteroatoms. The number of aromatic amines is 1. The molecule has 0 aliphatic heterocycles. The van der Waals surface area contributed by atoms with Crippen molar-refractivity contribution in [2.45, 2.75) is 0 Å². The molecule has 0 aliphatic carbocycles. The van der Waals surface area contributed by atoms with Gasteiger partial charge in [0.25, 0.3) is 5.91 Å². The third-order valence-electron chi connectivity index (χ3n) is 2.43. The van der Waals surface area contributed by atoms with Crippen LogP contribution in [0.1, 0.15) is 16.1 Å². The first-order chi connectivity index (χ1) is 10.2. The summed E-state index contributed by atoms with van der Waals surface area (Å²) in [7, 11) is 0. The monoisotopic (exact) mass is 285 g/mol. The first-order valence-electron chi connectivity index (χ1n) is 5.91. The summed E-state index contributed by atoms with van der Waals surface area (Å²) in [6.07, 6.45) is 5.87. The summed E-state index contributed by atoms with van der Waals surface area (Å²) in [4.78, 5) is 27.4. The normalized spacial score (nSPS) is 11.0. The zero-order chi connectivity index (χ0) is 15.1. The maximum Gasteiger partial charge on any atom is 0.353 e. The number of hydrogen-bond acceptors (Lipinski definition) is 5. The Balaban J connectivity index is 1.92. The third kappa shape index (κ3) is 3.83. The minimum atomic E-state index is -0.757. The van der Waals surface area contributed by atoms with E-state index in [1.165, 1.54) is 6.21 Å². The van der Waals surface area contributed by atoms with Gasteiger partial charge in [-0.15, -0.1) is 0 Å². The van der Waals surface area contributed by atoms with Crippen molar-refractivity contribution >= 4 is 24.0 Å². The number of nitrogens with zero attached hydrogens (tertiary/aromatic N) is 3. The van der Waals surface area contributed by atoms with Gasteiger partial charge in [-0.05, 0) is 16.6 Å². The number of allylic oxidation sites excluding steroid dienone is 1. The smallest absolute Gasteiger partial charge is 0.353 e. The number of carbonyl (C=O) groups is 1. The van der Waals surface area contributed by atoms with Crippen LogP contribution in [-0.2, 0) is 0 Å². The van der Waals surface area contributed by atoms with E-state index in [0.717, 1.165) is 11.9 Å². The van der Waals surface area contributed by atoms with Gasteiger partial charge in [-0.3, -0.25) is 4.79 Å². The lowest BCUT2D eigenvalue weighted by atomic mass is 10.2. The Morgan fingerprint density at radius 2 is 2.14 bits per heavy atom. The Morgan fingerprint density at radius 1 is 1.38 bits per heavy atom. The average Bonchev–Trinajstić information content (AvgIpc) is 2.97. The zero-order valence-electron chi connectivity index (χ0n) is 10.8. The molecule has 1 amide bonds. The molecule has 0 saturated carbocycles. The van der Waals surface area contributed by atoms with E-state index in [0.29, 0.717) is 0 Å². The molecule has 1 heterocycles. The minimum Gasteiger partial charge on any atom is -0.358 e. The quantitative estimate of drug-likeness (QED) is 0.495. The van der Waals surface area contributed by atoms with E-state index in [1.54, 1.807) is 12.2 Å². The number of hydrazone groups is 1. The van der Waals surface area contributed by atoms with E-state index in [-0.39, 0.29) is 5.69 Å². The third-order valence-corrected chi connectivity index (χ3v) is 2.43. The molecule has 0 atom stereocenters. The molecule has 0 bridgehead atoms. The van der Waals surface area contributed by atoms with E-state index in [9.17, 15) is 14.9 Å². The number of hydrogen-bond donors (Lipinski definition) is 2. The van der Waals surface area contributed by atoms with Gasteiger partial charge in [-0.25, -0.2) is 15.4 Å². The molecular weight excluding hydrogens is 274 g/mol. The van der Waals surface area contributed by atoms with Gasteiger partial charge in [0.05, 0.1) is 0 Å². The van der Waals surface area contributed by atoms with Crippen molar-refractivity contribution in [1.29, 1.82) is 0 Å². The average molecular weight is 285 g/mol.